The van der Waals surface area contributed by atoms with Crippen LogP contribution in [-0.2, 0) is 0 Å². The van der Waals surface area contributed by atoms with E-state index in [1.807, 2.05) is 18.5 Å². The molecular weight excluding hydrogens is 214 g/mol. The third kappa shape index (κ3) is 2.51. The molecule has 1 N–H and O–H groups in total. The second-order valence-corrected chi connectivity index (χ2v) is 5.59. The molecule has 4 heteroatoms. The summed E-state index contributed by atoms with van der Waals surface area (Å²) in [5, 5.41) is 14.4. The summed E-state index contributed by atoms with van der Waals surface area (Å²) in [6.07, 6.45) is 2.64. The summed E-state index contributed by atoms with van der Waals surface area (Å²) in [7, 11) is 0. The zero-order chi connectivity index (χ0) is 12.6. The van der Waals surface area contributed by atoms with Crippen LogP contribution < -0.4 is 0 Å². The van der Waals surface area contributed by atoms with Crippen molar-refractivity contribution in [1.82, 2.24) is 14.8 Å². The standard InChI is InChI=1S/C13H23N3O/c1-8(2)12-6-5-11(17)7-13(12)16-10(4)14-9(3)15-16/h8,11-13,17H,5-7H2,1-4H3. The van der Waals surface area contributed by atoms with Crippen LogP contribution in [0.5, 0.6) is 0 Å². The number of aromatic nitrogens is 3. The highest BCUT2D eigenvalue weighted by atomic mass is 16.3. The van der Waals surface area contributed by atoms with Gasteiger partial charge in [-0.15, -0.1) is 0 Å². The van der Waals surface area contributed by atoms with E-state index in [1.165, 1.54) is 0 Å². The molecule has 0 aromatic carbocycles. The van der Waals surface area contributed by atoms with Crippen molar-refractivity contribution in [3.63, 3.8) is 0 Å². The highest BCUT2D eigenvalue weighted by Crippen LogP contribution is 2.38. The highest BCUT2D eigenvalue weighted by molar-refractivity contribution is 4.94. The van der Waals surface area contributed by atoms with Gasteiger partial charge in [-0.25, -0.2) is 9.67 Å². The van der Waals surface area contributed by atoms with Gasteiger partial charge in [-0.05, 0) is 44.9 Å². The van der Waals surface area contributed by atoms with Crippen LogP contribution in [0, 0.1) is 25.7 Å². The van der Waals surface area contributed by atoms with E-state index in [-0.39, 0.29) is 6.10 Å². The first-order valence-corrected chi connectivity index (χ1v) is 6.57. The van der Waals surface area contributed by atoms with E-state index in [0.717, 1.165) is 30.9 Å². The van der Waals surface area contributed by atoms with Crippen LogP contribution in [0.3, 0.4) is 0 Å². The molecule has 0 spiro atoms. The Morgan fingerprint density at radius 3 is 2.53 bits per heavy atom. The number of aliphatic hydroxyl groups excluding tert-OH is 1. The molecule has 0 saturated heterocycles. The number of aryl methyl sites for hydroxylation is 2. The van der Waals surface area contributed by atoms with Crippen molar-refractivity contribution in [3.05, 3.63) is 11.6 Å². The van der Waals surface area contributed by atoms with Crippen LogP contribution in [0.25, 0.3) is 0 Å². The summed E-state index contributed by atoms with van der Waals surface area (Å²) < 4.78 is 2.03. The van der Waals surface area contributed by atoms with Gasteiger partial charge in [0.25, 0.3) is 0 Å². The Bertz CT molecular complexity index is 386. The molecule has 1 fully saturated rings. The van der Waals surface area contributed by atoms with Gasteiger partial charge in [-0.3, -0.25) is 0 Å². The van der Waals surface area contributed by atoms with Gasteiger partial charge in [0, 0.05) is 0 Å². The van der Waals surface area contributed by atoms with Gasteiger partial charge >= 0.3 is 0 Å². The molecule has 0 radical (unpaired) electrons. The number of aliphatic hydroxyl groups is 1. The Balaban J connectivity index is 2.28. The van der Waals surface area contributed by atoms with Crippen LogP contribution in [0.1, 0.15) is 50.8 Å². The fraction of sp³-hybridized carbons (Fsp3) is 0.846. The summed E-state index contributed by atoms with van der Waals surface area (Å²) in [5.74, 6) is 3.01. The summed E-state index contributed by atoms with van der Waals surface area (Å²) >= 11 is 0. The van der Waals surface area contributed by atoms with Gasteiger partial charge in [-0.1, -0.05) is 13.8 Å². The van der Waals surface area contributed by atoms with Crippen molar-refractivity contribution in [1.29, 1.82) is 0 Å². The van der Waals surface area contributed by atoms with Crippen molar-refractivity contribution >= 4 is 0 Å². The maximum atomic E-state index is 9.88. The van der Waals surface area contributed by atoms with Crippen molar-refractivity contribution in [3.8, 4) is 0 Å². The van der Waals surface area contributed by atoms with Crippen molar-refractivity contribution in [2.24, 2.45) is 11.8 Å². The average Bonchev–Trinajstić information content (AvgIpc) is 2.57. The third-order valence-corrected chi connectivity index (χ3v) is 3.92. The molecule has 0 bridgehead atoms. The van der Waals surface area contributed by atoms with Gasteiger partial charge in [0.15, 0.2) is 0 Å². The first-order valence-electron chi connectivity index (χ1n) is 6.57. The quantitative estimate of drug-likeness (QED) is 0.858. The van der Waals surface area contributed by atoms with Crippen LogP contribution in [0.15, 0.2) is 0 Å². The molecule has 1 aliphatic rings. The molecule has 0 amide bonds. The lowest BCUT2D eigenvalue weighted by molar-refractivity contribution is 0.0511. The SMILES string of the molecule is Cc1nc(C)n(C2CC(O)CCC2C(C)C)n1. The first kappa shape index (κ1) is 12.6. The van der Waals surface area contributed by atoms with Gasteiger partial charge in [0.1, 0.15) is 11.6 Å². The van der Waals surface area contributed by atoms with Gasteiger partial charge in [0.2, 0.25) is 0 Å². The number of nitrogens with zero attached hydrogens (tertiary/aromatic N) is 3. The monoisotopic (exact) mass is 237 g/mol. The van der Waals surface area contributed by atoms with E-state index in [1.54, 1.807) is 0 Å². The van der Waals surface area contributed by atoms with E-state index < -0.39 is 0 Å². The Morgan fingerprint density at radius 1 is 1.29 bits per heavy atom. The van der Waals surface area contributed by atoms with Crippen LogP contribution in [0.4, 0.5) is 0 Å². The molecule has 1 aromatic rings. The molecule has 3 atom stereocenters. The molecule has 17 heavy (non-hydrogen) atoms. The fourth-order valence-electron chi connectivity index (χ4n) is 3.06. The van der Waals surface area contributed by atoms with Crippen LogP contribution >= 0.6 is 0 Å². The zero-order valence-corrected chi connectivity index (χ0v) is 11.2. The number of rotatable bonds is 2. The predicted molar refractivity (Wildman–Crippen MR) is 66.7 cm³/mol. The third-order valence-electron chi connectivity index (χ3n) is 3.92. The Hall–Kier alpha value is -0.900. The van der Waals surface area contributed by atoms with Crippen LogP contribution in [-0.4, -0.2) is 26.0 Å². The fourth-order valence-corrected chi connectivity index (χ4v) is 3.06. The molecule has 1 aromatic heterocycles. The second-order valence-electron chi connectivity index (χ2n) is 5.59. The van der Waals surface area contributed by atoms with E-state index in [4.69, 9.17) is 0 Å². The minimum Gasteiger partial charge on any atom is -0.393 e. The number of hydrogen-bond acceptors (Lipinski definition) is 3. The maximum Gasteiger partial charge on any atom is 0.147 e. The molecule has 3 unspecified atom stereocenters. The van der Waals surface area contributed by atoms with Gasteiger partial charge in [-0.2, -0.15) is 5.10 Å². The predicted octanol–water partition coefficient (Wildman–Crippen LogP) is 2.25. The average molecular weight is 237 g/mol. The Kier molecular flexibility index (Phi) is 3.52. The van der Waals surface area contributed by atoms with Crippen molar-refractivity contribution in [2.75, 3.05) is 0 Å². The largest absolute Gasteiger partial charge is 0.393 e. The zero-order valence-electron chi connectivity index (χ0n) is 11.2. The summed E-state index contributed by atoms with van der Waals surface area (Å²) in [4.78, 5) is 4.38. The van der Waals surface area contributed by atoms with Crippen molar-refractivity contribution < 1.29 is 5.11 Å². The first-order chi connectivity index (χ1) is 7.99. The number of hydrogen-bond donors (Lipinski definition) is 1. The maximum absolute atomic E-state index is 9.88. The lowest BCUT2D eigenvalue weighted by atomic mass is 9.77. The normalized spacial score (nSPS) is 29.9. The van der Waals surface area contributed by atoms with E-state index >= 15 is 0 Å². The molecule has 96 valence electrons. The molecule has 1 saturated carbocycles. The topological polar surface area (TPSA) is 50.9 Å². The van der Waals surface area contributed by atoms with Gasteiger partial charge < -0.3 is 5.11 Å². The van der Waals surface area contributed by atoms with E-state index in [0.29, 0.717) is 17.9 Å². The minimum absolute atomic E-state index is 0.182. The Labute approximate surface area is 103 Å². The molecule has 2 rings (SSSR count). The van der Waals surface area contributed by atoms with E-state index in [9.17, 15) is 5.11 Å². The summed E-state index contributed by atoms with van der Waals surface area (Å²) in [6, 6.07) is 0.306. The van der Waals surface area contributed by atoms with Gasteiger partial charge in [0.05, 0.1) is 12.1 Å². The van der Waals surface area contributed by atoms with Crippen molar-refractivity contribution in [2.45, 2.75) is 59.1 Å². The Morgan fingerprint density at radius 2 is 2.00 bits per heavy atom. The van der Waals surface area contributed by atoms with E-state index in [2.05, 4.69) is 23.9 Å². The molecule has 1 heterocycles. The smallest absolute Gasteiger partial charge is 0.147 e. The minimum atomic E-state index is -0.182. The summed E-state index contributed by atoms with van der Waals surface area (Å²) in [6.45, 7) is 8.44. The lowest BCUT2D eigenvalue weighted by Gasteiger charge is -2.37. The molecule has 0 aliphatic heterocycles. The molecule has 1 aliphatic carbocycles. The molecule has 4 nitrogen and oxygen atoms in total. The highest BCUT2D eigenvalue weighted by Gasteiger charge is 2.34. The lowest BCUT2D eigenvalue weighted by Crippen LogP contribution is -2.34. The van der Waals surface area contributed by atoms with Crippen LogP contribution in [0.2, 0.25) is 0 Å². The molecular formula is C13H23N3O. The second kappa shape index (κ2) is 4.77. The summed E-state index contributed by atoms with van der Waals surface area (Å²) in [5.41, 5.74) is 0.